The van der Waals surface area contributed by atoms with Gasteiger partial charge in [-0.3, -0.25) is 4.99 Å². The van der Waals surface area contributed by atoms with E-state index in [2.05, 4.69) is 39.9 Å². The standard InChI is InChI=1S/C20H25N3O2S/c1-21-20(23-19-14-18(19)16-6-4-3-5-7-16)22-13-12-15-8-10-17(11-9-15)26(2,24)25/h3-11,18-19H,12-14H2,1-2H3,(H2,21,22,23). The first-order valence-electron chi connectivity index (χ1n) is 8.78. The molecule has 0 saturated heterocycles. The van der Waals surface area contributed by atoms with Crippen LogP contribution in [0.25, 0.3) is 0 Å². The molecule has 0 heterocycles. The largest absolute Gasteiger partial charge is 0.356 e. The van der Waals surface area contributed by atoms with Gasteiger partial charge < -0.3 is 10.6 Å². The Labute approximate surface area is 155 Å². The summed E-state index contributed by atoms with van der Waals surface area (Å²) < 4.78 is 23.0. The highest BCUT2D eigenvalue weighted by Gasteiger charge is 2.38. The van der Waals surface area contributed by atoms with Gasteiger partial charge in [-0.15, -0.1) is 0 Å². The summed E-state index contributed by atoms with van der Waals surface area (Å²) in [6.07, 6.45) is 3.15. The lowest BCUT2D eigenvalue weighted by atomic mass is 10.1. The van der Waals surface area contributed by atoms with Gasteiger partial charge in [0.1, 0.15) is 0 Å². The molecular formula is C20H25N3O2S. The maximum Gasteiger partial charge on any atom is 0.191 e. The molecule has 138 valence electrons. The molecule has 2 N–H and O–H groups in total. The summed E-state index contributed by atoms with van der Waals surface area (Å²) in [5.74, 6) is 1.36. The lowest BCUT2D eigenvalue weighted by Gasteiger charge is -2.12. The SMILES string of the molecule is CN=C(NCCc1ccc(S(C)(=O)=O)cc1)NC1CC1c1ccccc1. The van der Waals surface area contributed by atoms with Crippen LogP contribution in [0.5, 0.6) is 0 Å². The molecule has 1 aliphatic rings. The fourth-order valence-corrected chi connectivity index (χ4v) is 3.65. The van der Waals surface area contributed by atoms with E-state index in [1.807, 2.05) is 18.2 Å². The smallest absolute Gasteiger partial charge is 0.191 e. The van der Waals surface area contributed by atoms with E-state index in [1.54, 1.807) is 19.2 Å². The van der Waals surface area contributed by atoms with Crippen molar-refractivity contribution in [1.29, 1.82) is 0 Å². The van der Waals surface area contributed by atoms with Gasteiger partial charge in [0.25, 0.3) is 0 Å². The monoisotopic (exact) mass is 371 g/mol. The summed E-state index contributed by atoms with van der Waals surface area (Å²) in [4.78, 5) is 4.64. The van der Waals surface area contributed by atoms with Gasteiger partial charge in [0.05, 0.1) is 4.90 Å². The maximum absolute atomic E-state index is 11.5. The Balaban J connectivity index is 1.45. The zero-order valence-corrected chi connectivity index (χ0v) is 16.0. The summed E-state index contributed by atoms with van der Waals surface area (Å²) >= 11 is 0. The quantitative estimate of drug-likeness (QED) is 0.604. The van der Waals surface area contributed by atoms with Crippen molar-refractivity contribution in [3.63, 3.8) is 0 Å². The predicted octanol–water partition coefficient (Wildman–Crippen LogP) is 2.35. The number of nitrogens with zero attached hydrogens (tertiary/aromatic N) is 1. The lowest BCUT2D eigenvalue weighted by Crippen LogP contribution is -2.39. The van der Waals surface area contributed by atoms with E-state index < -0.39 is 9.84 Å². The Hall–Kier alpha value is -2.34. The second-order valence-electron chi connectivity index (χ2n) is 6.67. The van der Waals surface area contributed by atoms with Crippen LogP contribution in [0.3, 0.4) is 0 Å². The Bertz CT molecular complexity index is 862. The van der Waals surface area contributed by atoms with E-state index in [1.165, 1.54) is 11.8 Å². The van der Waals surface area contributed by atoms with Crippen LogP contribution < -0.4 is 10.6 Å². The molecular weight excluding hydrogens is 346 g/mol. The molecule has 1 aliphatic carbocycles. The normalized spacial score (nSPS) is 19.8. The molecule has 5 nitrogen and oxygen atoms in total. The Morgan fingerprint density at radius 3 is 2.42 bits per heavy atom. The Morgan fingerprint density at radius 1 is 1.12 bits per heavy atom. The minimum atomic E-state index is -3.14. The van der Waals surface area contributed by atoms with Gasteiger partial charge in [0, 0.05) is 31.8 Å². The minimum absolute atomic E-state index is 0.354. The summed E-state index contributed by atoms with van der Waals surface area (Å²) in [5, 5.41) is 6.79. The van der Waals surface area contributed by atoms with Crippen molar-refractivity contribution in [1.82, 2.24) is 10.6 Å². The summed E-state index contributed by atoms with van der Waals surface area (Å²) in [6.45, 7) is 0.737. The van der Waals surface area contributed by atoms with Gasteiger partial charge in [-0.25, -0.2) is 8.42 Å². The van der Waals surface area contributed by atoms with Gasteiger partial charge in [-0.05, 0) is 36.1 Å². The van der Waals surface area contributed by atoms with Crippen molar-refractivity contribution in [3.05, 3.63) is 65.7 Å². The molecule has 0 spiro atoms. The van der Waals surface area contributed by atoms with Crippen LogP contribution in [0.15, 0.2) is 64.5 Å². The van der Waals surface area contributed by atoms with Crippen molar-refractivity contribution in [2.24, 2.45) is 4.99 Å². The Kier molecular flexibility index (Phi) is 5.61. The molecule has 0 radical (unpaired) electrons. The summed E-state index contributed by atoms with van der Waals surface area (Å²) in [5.41, 5.74) is 2.46. The number of sulfone groups is 1. The van der Waals surface area contributed by atoms with Crippen LogP contribution in [0.4, 0.5) is 0 Å². The molecule has 1 fully saturated rings. The highest BCUT2D eigenvalue weighted by atomic mass is 32.2. The van der Waals surface area contributed by atoms with Crippen LogP contribution in [-0.4, -0.2) is 40.3 Å². The summed E-state index contributed by atoms with van der Waals surface area (Å²) in [6, 6.07) is 18.0. The third-order valence-electron chi connectivity index (χ3n) is 4.62. The lowest BCUT2D eigenvalue weighted by molar-refractivity contribution is 0.602. The number of benzene rings is 2. The average Bonchev–Trinajstić information content (AvgIpc) is 3.40. The topological polar surface area (TPSA) is 70.6 Å². The molecule has 0 aliphatic heterocycles. The first-order valence-corrected chi connectivity index (χ1v) is 10.7. The van der Waals surface area contributed by atoms with E-state index in [-0.39, 0.29) is 0 Å². The molecule has 0 amide bonds. The van der Waals surface area contributed by atoms with E-state index in [9.17, 15) is 8.42 Å². The van der Waals surface area contributed by atoms with Gasteiger partial charge >= 0.3 is 0 Å². The third-order valence-corrected chi connectivity index (χ3v) is 5.75. The van der Waals surface area contributed by atoms with Crippen molar-refractivity contribution >= 4 is 15.8 Å². The second kappa shape index (κ2) is 7.91. The van der Waals surface area contributed by atoms with Crippen molar-refractivity contribution in [3.8, 4) is 0 Å². The molecule has 2 unspecified atom stereocenters. The molecule has 1 saturated carbocycles. The van der Waals surface area contributed by atoms with E-state index in [0.29, 0.717) is 16.9 Å². The van der Waals surface area contributed by atoms with Gasteiger partial charge in [0.15, 0.2) is 15.8 Å². The molecule has 0 bridgehead atoms. The fourth-order valence-electron chi connectivity index (χ4n) is 3.02. The van der Waals surface area contributed by atoms with Crippen LogP contribution in [-0.2, 0) is 16.3 Å². The van der Waals surface area contributed by atoms with Crippen molar-refractivity contribution < 1.29 is 8.42 Å². The fraction of sp³-hybridized carbons (Fsp3) is 0.350. The number of hydrogen-bond donors (Lipinski definition) is 2. The van der Waals surface area contributed by atoms with E-state index in [4.69, 9.17) is 0 Å². The molecule has 26 heavy (non-hydrogen) atoms. The average molecular weight is 372 g/mol. The number of rotatable bonds is 6. The molecule has 6 heteroatoms. The second-order valence-corrected chi connectivity index (χ2v) is 8.68. The number of guanidine groups is 1. The molecule has 3 rings (SSSR count). The third kappa shape index (κ3) is 4.85. The molecule has 0 aromatic heterocycles. The molecule has 2 aromatic rings. The maximum atomic E-state index is 11.5. The highest BCUT2D eigenvalue weighted by molar-refractivity contribution is 7.90. The number of aliphatic imine (C=N–C) groups is 1. The first-order chi connectivity index (χ1) is 12.5. The number of hydrogen-bond acceptors (Lipinski definition) is 3. The number of nitrogens with one attached hydrogen (secondary N) is 2. The van der Waals surface area contributed by atoms with Crippen LogP contribution >= 0.6 is 0 Å². The van der Waals surface area contributed by atoms with Gasteiger partial charge in [0.2, 0.25) is 0 Å². The van der Waals surface area contributed by atoms with Crippen LogP contribution in [0.2, 0.25) is 0 Å². The van der Waals surface area contributed by atoms with Crippen LogP contribution in [0.1, 0.15) is 23.5 Å². The zero-order chi connectivity index (χ0) is 18.6. The predicted molar refractivity (Wildman–Crippen MR) is 105 cm³/mol. The van der Waals surface area contributed by atoms with Gasteiger partial charge in [-0.2, -0.15) is 0 Å². The summed E-state index contributed by atoms with van der Waals surface area (Å²) in [7, 11) is -1.36. The van der Waals surface area contributed by atoms with Crippen molar-refractivity contribution in [2.75, 3.05) is 19.8 Å². The van der Waals surface area contributed by atoms with Crippen molar-refractivity contribution in [2.45, 2.75) is 29.7 Å². The molecule has 2 atom stereocenters. The highest BCUT2D eigenvalue weighted by Crippen LogP contribution is 2.40. The Morgan fingerprint density at radius 2 is 1.81 bits per heavy atom. The zero-order valence-electron chi connectivity index (χ0n) is 15.1. The molecule has 2 aromatic carbocycles. The van der Waals surface area contributed by atoms with Crippen LogP contribution in [0, 0.1) is 0 Å². The van der Waals surface area contributed by atoms with Gasteiger partial charge in [-0.1, -0.05) is 42.5 Å². The van der Waals surface area contributed by atoms with E-state index >= 15 is 0 Å². The van der Waals surface area contributed by atoms with E-state index in [0.717, 1.165) is 30.9 Å². The minimum Gasteiger partial charge on any atom is -0.356 e. The first kappa shape index (κ1) is 18.5.